The Morgan fingerprint density at radius 3 is 1.40 bits per heavy atom. The lowest BCUT2D eigenvalue weighted by atomic mass is 9.86. The van der Waals surface area contributed by atoms with E-state index in [0.717, 1.165) is 0 Å². The van der Waals surface area contributed by atoms with Crippen molar-refractivity contribution in [3.63, 3.8) is 0 Å². The van der Waals surface area contributed by atoms with Crippen molar-refractivity contribution in [2.75, 3.05) is 41.2 Å². The molecule has 2 amide bonds. The van der Waals surface area contributed by atoms with Crippen LogP contribution in [0.2, 0.25) is 0 Å². The van der Waals surface area contributed by atoms with Gasteiger partial charge in [-0.15, -0.1) is 19.3 Å². The van der Waals surface area contributed by atoms with Crippen LogP contribution in [0.5, 0.6) is 23.0 Å². The highest BCUT2D eigenvalue weighted by Gasteiger charge is 2.56. The van der Waals surface area contributed by atoms with Crippen LogP contribution in [0, 0.1) is 50.9 Å². The third-order valence-corrected chi connectivity index (χ3v) is 13.1. The highest BCUT2D eigenvalue weighted by Crippen LogP contribution is 2.41. The molecule has 2 fully saturated rings. The molecular formula is C54H64N4O22. The number of ether oxygens (including phenoxy) is 8. The molecule has 80 heavy (non-hydrogen) atoms. The van der Waals surface area contributed by atoms with E-state index >= 15 is 0 Å². The Kier molecular flexibility index (Phi) is 21.7. The van der Waals surface area contributed by atoms with Gasteiger partial charge in [0.2, 0.25) is 12.6 Å². The lowest BCUT2D eigenvalue weighted by Gasteiger charge is -2.48. The molecule has 0 saturated carbocycles. The van der Waals surface area contributed by atoms with Crippen LogP contribution < -0.4 is 31.7 Å². The summed E-state index contributed by atoms with van der Waals surface area (Å²) < 4.78 is 57.2. The Morgan fingerprint density at radius 1 is 0.662 bits per heavy atom. The van der Waals surface area contributed by atoms with Gasteiger partial charge in [0.05, 0.1) is 33.4 Å². The van der Waals surface area contributed by atoms with Gasteiger partial charge in [0.15, 0.2) is 31.0 Å². The van der Waals surface area contributed by atoms with Crippen molar-refractivity contribution in [1.82, 2.24) is 11.0 Å². The van der Waals surface area contributed by atoms with Crippen molar-refractivity contribution in [2.24, 2.45) is 10.3 Å². The molecule has 26 heteroatoms. The summed E-state index contributed by atoms with van der Waals surface area (Å²) in [6, 6.07) is 5.96. The Hall–Kier alpha value is -8.10. The molecule has 8 unspecified atom stereocenters. The maximum absolute atomic E-state index is 12.8. The number of nitrogens with one attached hydrogen (secondary N) is 2. The van der Waals surface area contributed by atoms with Crippen LogP contribution in [0.3, 0.4) is 0 Å². The van der Waals surface area contributed by atoms with Crippen LogP contribution in [-0.2, 0) is 47.8 Å². The highest BCUT2D eigenvalue weighted by molar-refractivity contribution is 6.05. The average Bonchev–Trinajstić information content (AvgIpc) is 3.45. The second kappa shape index (κ2) is 27.7. The number of nitrogens with zero attached hydrogens (tertiary/aromatic N) is 2. The number of fused-ring (bicyclic) bond motifs is 2. The highest BCUT2D eigenvalue weighted by atomic mass is 16.7. The third-order valence-electron chi connectivity index (χ3n) is 13.1. The van der Waals surface area contributed by atoms with E-state index in [1.807, 2.05) is 24.8 Å². The summed E-state index contributed by atoms with van der Waals surface area (Å²) >= 11 is 0. The van der Waals surface area contributed by atoms with E-state index in [1.165, 1.54) is 59.4 Å². The van der Waals surface area contributed by atoms with Crippen molar-refractivity contribution in [3.05, 3.63) is 67.4 Å². The van der Waals surface area contributed by atoms with E-state index < -0.39 is 83.8 Å². The molecule has 2 aromatic carbocycles. The van der Waals surface area contributed by atoms with E-state index in [0.29, 0.717) is 24.0 Å². The molecule has 432 valence electrons. The summed E-state index contributed by atoms with van der Waals surface area (Å²) in [7, 11) is 4.10. The minimum Gasteiger partial charge on any atom is -0.506 e. The Bertz CT molecular complexity index is 3190. The van der Waals surface area contributed by atoms with E-state index in [2.05, 4.69) is 28.1 Å². The molecule has 2 saturated heterocycles. The first-order valence-electron chi connectivity index (χ1n) is 24.5. The van der Waals surface area contributed by atoms with Crippen molar-refractivity contribution >= 4 is 45.5 Å². The summed E-state index contributed by atoms with van der Waals surface area (Å²) in [5.41, 5.74) is 0.856. The fourth-order valence-corrected chi connectivity index (χ4v) is 8.79. The van der Waals surface area contributed by atoms with Crippen LogP contribution in [0.25, 0.3) is 21.9 Å². The number of benzene rings is 2. The first-order valence-corrected chi connectivity index (χ1v) is 24.5. The number of rotatable bonds is 19. The number of amides is 2. The summed E-state index contributed by atoms with van der Waals surface area (Å²) in [6.07, 6.45) is 4.13. The van der Waals surface area contributed by atoms with Crippen LogP contribution in [-0.4, -0.2) is 146 Å². The standard InChI is InChI=1S/C28H32N2O11.C26H32N2O11/c1-8-13-36-29-16(5)19-20(31)17-11-12-18(15(4)22(17)39-25(19)33)38-26-21(32)23(40-27(34)30-37-14-9-2)24(35-7)28(6,10-3)41-26;1-8-12-35-28-25(32)38-21-19(30)24(39-26(5,9-2)22(21)33-6)36-16-11-10-15-18(29)17(14(4)27-34-7)23(31)37-20(15)13(16)3/h1-2,11-12,21,23-24,26,31-32H,10,13-14H2,3-7H3,(H,30,34);1,10-11,19,21-22,24,29-30H,9,12H2,2-7H3,(H,28,32)/b29-16+;27-14+/t21?,23?,24?,26?,28-;19?,21?,22?,24?,26-/m00/s1. The molecule has 0 aliphatic carbocycles. The van der Waals surface area contributed by atoms with Crippen LogP contribution in [0.4, 0.5) is 9.59 Å². The zero-order chi connectivity index (χ0) is 59.2. The quantitative estimate of drug-likeness (QED) is 0.0251. The normalized spacial score (nSPS) is 24.7. The smallest absolute Gasteiger partial charge is 0.431 e. The first kappa shape index (κ1) is 62.7. The molecular weight excluding hydrogens is 1060 g/mol. The summed E-state index contributed by atoms with van der Waals surface area (Å²) in [4.78, 5) is 69.2. The lowest BCUT2D eigenvalue weighted by molar-refractivity contribution is -0.311. The van der Waals surface area contributed by atoms with Crippen molar-refractivity contribution in [2.45, 2.75) is 129 Å². The van der Waals surface area contributed by atoms with E-state index in [-0.39, 0.29) is 87.3 Å². The number of carbonyl (C=O) groups excluding carboxylic acids is 2. The second-order valence-corrected chi connectivity index (χ2v) is 18.1. The topological polar surface area (TPSA) is 335 Å². The maximum Gasteiger partial charge on any atom is 0.431 e. The average molecular weight is 1120 g/mol. The number of methoxy groups -OCH3 is 2. The van der Waals surface area contributed by atoms with Gasteiger partial charge in [-0.25, -0.2) is 19.2 Å². The molecule has 2 aliphatic heterocycles. The summed E-state index contributed by atoms with van der Waals surface area (Å²) in [5.74, 6) is 6.24. The number of aliphatic hydroxyl groups excluding tert-OH is 2. The first-order chi connectivity index (χ1) is 38.0. The molecule has 10 atom stereocenters. The number of terminal acetylenes is 3. The zero-order valence-corrected chi connectivity index (χ0v) is 45.7. The summed E-state index contributed by atoms with van der Waals surface area (Å²) in [5, 5.41) is 51.8. The fraction of sp³-hybridized carbons (Fsp3) is 0.481. The zero-order valence-electron chi connectivity index (χ0n) is 45.7. The molecule has 2 aliphatic rings. The Balaban J connectivity index is 0.000000294. The number of carbonyl (C=O) groups is 2. The van der Waals surface area contributed by atoms with Crippen LogP contribution >= 0.6 is 0 Å². The Labute approximate surface area is 458 Å². The monoisotopic (exact) mass is 1120 g/mol. The SMILES string of the molecule is C#CCO/N=C(\C)c1c(O)c2ccc(OC3O[C@@](C)(CC)C(OC)C(OC(=O)NOCC#C)C3O)c(C)c2oc1=O.C#CCONC(=O)OC1C(O)C(Oc2ccc3c(O)c(/C(C)=N/OC)c(=O)oc3c2C)O[C@@](C)(CC)C1OC. The number of hydroxylamine groups is 2. The Morgan fingerprint density at radius 2 is 1.05 bits per heavy atom. The van der Waals surface area contributed by atoms with Gasteiger partial charge in [0, 0.05) is 25.3 Å². The maximum atomic E-state index is 12.8. The van der Waals surface area contributed by atoms with Gasteiger partial charge in [-0.05, 0) is 78.6 Å². The van der Waals surface area contributed by atoms with Crippen molar-refractivity contribution in [3.8, 4) is 60.0 Å². The van der Waals surface area contributed by atoms with E-state index in [1.54, 1.807) is 27.7 Å². The molecule has 4 aromatic rings. The van der Waals surface area contributed by atoms with Gasteiger partial charge in [0.25, 0.3) is 0 Å². The van der Waals surface area contributed by atoms with E-state index in [9.17, 15) is 39.6 Å². The van der Waals surface area contributed by atoms with Gasteiger partial charge < -0.3 is 76.8 Å². The van der Waals surface area contributed by atoms with Gasteiger partial charge >= 0.3 is 23.4 Å². The number of aromatic hydroxyl groups is 2. The van der Waals surface area contributed by atoms with Crippen molar-refractivity contribution in [1.29, 1.82) is 0 Å². The van der Waals surface area contributed by atoms with Crippen LogP contribution in [0.1, 0.15) is 76.6 Å². The number of hydrogen-bond acceptors (Lipinski definition) is 24. The minimum atomic E-state index is -1.53. The third kappa shape index (κ3) is 13.7. The molecule has 26 nitrogen and oxygen atoms in total. The van der Waals surface area contributed by atoms with Crippen molar-refractivity contribution < 1.29 is 96.1 Å². The second-order valence-electron chi connectivity index (χ2n) is 18.1. The minimum absolute atomic E-state index is 0.0299. The fourth-order valence-electron chi connectivity index (χ4n) is 8.79. The van der Waals surface area contributed by atoms with Gasteiger partial charge in [-0.1, -0.05) is 41.9 Å². The lowest BCUT2D eigenvalue weighted by Crippen LogP contribution is -2.66. The molecule has 6 N–H and O–H groups in total. The molecule has 0 bridgehead atoms. The number of aryl methyl sites for hydroxylation is 2. The predicted molar refractivity (Wildman–Crippen MR) is 282 cm³/mol. The molecule has 6 rings (SSSR count). The molecule has 2 aromatic heterocycles. The van der Waals surface area contributed by atoms with E-state index in [4.69, 9.17) is 85.3 Å². The number of oxime groups is 2. The molecule has 0 radical (unpaired) electrons. The number of hydrogen-bond donors (Lipinski definition) is 6. The largest absolute Gasteiger partial charge is 0.506 e. The molecule has 0 spiro atoms. The van der Waals surface area contributed by atoms with Gasteiger partial charge in [-0.2, -0.15) is 11.0 Å². The predicted octanol–water partition coefficient (Wildman–Crippen LogP) is 4.24. The van der Waals surface area contributed by atoms with Gasteiger partial charge in [-0.3, -0.25) is 9.68 Å². The van der Waals surface area contributed by atoms with Gasteiger partial charge in [0.1, 0.15) is 77.8 Å². The summed E-state index contributed by atoms with van der Waals surface area (Å²) in [6.45, 7) is 12.7. The number of aliphatic hydroxyl groups is 2. The van der Waals surface area contributed by atoms with Crippen LogP contribution in [0.15, 0.2) is 53.0 Å². The molecule has 4 heterocycles.